The van der Waals surface area contributed by atoms with Gasteiger partial charge in [-0.25, -0.2) is 4.79 Å². The molecule has 0 spiro atoms. The SMILES string of the molecule is C.CCOC(=O)CC(=O)C(C)(F)F.CCOC(=O)CC(C)=O.COC(=O)C(C)(F)F.I.II. The minimum Gasteiger partial charge on any atom is -0.466 e. The molecule has 0 saturated heterocycles. The third kappa shape index (κ3) is 36.4. The molecule has 0 unspecified atom stereocenters. The summed E-state index contributed by atoms with van der Waals surface area (Å²) in [6.07, 6.45) is -0.967. The second kappa shape index (κ2) is 26.3. The van der Waals surface area contributed by atoms with Gasteiger partial charge >= 0.3 is 29.8 Å². The number of Topliss-reactive ketones (excluding diaryl/α,β-unsaturated/α-hetero) is 2. The summed E-state index contributed by atoms with van der Waals surface area (Å²) in [5.41, 5.74) is 0. The Balaban J connectivity index is -0.0000000789. The van der Waals surface area contributed by atoms with Gasteiger partial charge in [-0.05, 0) is 20.8 Å². The molecular formula is C18H31F4I3O8. The Labute approximate surface area is 231 Å². The summed E-state index contributed by atoms with van der Waals surface area (Å²) in [4.78, 5) is 51.5. The smallest absolute Gasteiger partial charge is 0.376 e. The average Bonchev–Trinajstić information content (AvgIpc) is 2.62. The van der Waals surface area contributed by atoms with Crippen LogP contribution in [0.15, 0.2) is 0 Å². The Morgan fingerprint density at radius 1 is 0.788 bits per heavy atom. The standard InChI is InChI=1S/C7H10F2O3.C6H10O3.C4H6F2O2.CH4.I2.HI/c1-3-12-6(11)4-5(10)7(2,8)9;1-3-9-6(8)4-5(2)7;1-4(5,6)3(7)8-2;;1-2;/h3-4H2,1-2H3;3-4H2,1-2H3;1-2H3;1H4;;1H. The first-order chi connectivity index (χ1) is 14.0. The highest BCUT2D eigenvalue weighted by atomic mass is 128. The van der Waals surface area contributed by atoms with Crippen LogP contribution in [-0.4, -0.2) is 61.6 Å². The molecule has 0 aliphatic carbocycles. The van der Waals surface area contributed by atoms with Gasteiger partial charge in [-0.2, -0.15) is 17.6 Å². The van der Waals surface area contributed by atoms with E-state index in [2.05, 4.69) is 51.4 Å². The van der Waals surface area contributed by atoms with Gasteiger partial charge in [0, 0.05) is 51.1 Å². The number of hydrogen-bond acceptors (Lipinski definition) is 8. The summed E-state index contributed by atoms with van der Waals surface area (Å²) in [6, 6.07) is 0. The number of carbonyl (C=O) groups is 5. The molecule has 0 saturated carbocycles. The highest BCUT2D eigenvalue weighted by Crippen LogP contribution is 2.15. The van der Waals surface area contributed by atoms with E-state index in [1.54, 1.807) is 6.92 Å². The van der Waals surface area contributed by atoms with Crippen LogP contribution in [0.4, 0.5) is 17.6 Å². The van der Waals surface area contributed by atoms with Crippen molar-refractivity contribution in [1.29, 1.82) is 0 Å². The van der Waals surface area contributed by atoms with Gasteiger partial charge in [-0.15, -0.1) is 24.0 Å². The maximum absolute atomic E-state index is 12.2. The van der Waals surface area contributed by atoms with Crippen molar-refractivity contribution in [3.8, 4) is 0 Å². The third-order valence-corrected chi connectivity index (χ3v) is 2.34. The molecule has 8 nitrogen and oxygen atoms in total. The zero-order valence-electron chi connectivity index (χ0n) is 18.3. The van der Waals surface area contributed by atoms with E-state index < -0.39 is 42.0 Å². The van der Waals surface area contributed by atoms with Crippen LogP contribution in [0.1, 0.15) is 54.9 Å². The van der Waals surface area contributed by atoms with E-state index in [0.29, 0.717) is 20.5 Å². The second-order valence-electron chi connectivity index (χ2n) is 5.36. The van der Waals surface area contributed by atoms with Gasteiger partial charge in [-0.1, -0.05) is 7.43 Å². The van der Waals surface area contributed by atoms with E-state index in [0.717, 1.165) is 7.11 Å². The molecule has 0 aromatic rings. The molecule has 0 aliphatic rings. The van der Waals surface area contributed by atoms with Crippen LogP contribution in [0, 0.1) is 0 Å². The minimum absolute atomic E-state index is 0. The highest BCUT2D eigenvalue weighted by Gasteiger charge is 2.34. The largest absolute Gasteiger partial charge is 0.466 e. The summed E-state index contributed by atoms with van der Waals surface area (Å²) < 4.78 is 60.1. The minimum atomic E-state index is -3.45. The van der Waals surface area contributed by atoms with Crippen LogP contribution < -0.4 is 0 Å². The van der Waals surface area contributed by atoms with E-state index in [4.69, 9.17) is 0 Å². The molecule has 0 aliphatic heterocycles. The van der Waals surface area contributed by atoms with Crippen LogP contribution in [0.5, 0.6) is 0 Å². The van der Waals surface area contributed by atoms with Crippen molar-refractivity contribution in [2.45, 2.75) is 66.7 Å². The first kappa shape index (κ1) is 46.1. The van der Waals surface area contributed by atoms with Gasteiger partial charge in [-0.3, -0.25) is 19.2 Å². The quantitative estimate of drug-likeness (QED) is 0.103. The van der Waals surface area contributed by atoms with Crippen molar-refractivity contribution < 1.29 is 55.7 Å². The Bertz CT molecular complexity index is 566. The zero-order valence-corrected chi connectivity index (χ0v) is 24.9. The molecule has 0 aromatic heterocycles. The molecule has 0 rings (SSSR count). The maximum Gasteiger partial charge on any atom is 0.376 e. The first-order valence-electron chi connectivity index (χ1n) is 8.35. The predicted octanol–water partition coefficient (Wildman–Crippen LogP) is 5.53. The van der Waals surface area contributed by atoms with Crippen LogP contribution in [0.3, 0.4) is 0 Å². The lowest BCUT2D eigenvalue weighted by atomic mass is 10.2. The molecule has 0 aromatic carbocycles. The number of carbonyl (C=O) groups excluding carboxylic acids is 5. The van der Waals surface area contributed by atoms with E-state index in [9.17, 15) is 41.5 Å². The Morgan fingerprint density at radius 3 is 1.30 bits per heavy atom. The molecule has 0 heterocycles. The molecule has 33 heavy (non-hydrogen) atoms. The monoisotopic (exact) mass is 832 g/mol. The van der Waals surface area contributed by atoms with Crippen molar-refractivity contribution in [3.05, 3.63) is 0 Å². The van der Waals surface area contributed by atoms with Crippen molar-refractivity contribution in [2.24, 2.45) is 0 Å². The van der Waals surface area contributed by atoms with Gasteiger partial charge in [0.05, 0.1) is 20.3 Å². The van der Waals surface area contributed by atoms with Crippen molar-refractivity contribution in [2.75, 3.05) is 20.3 Å². The number of alkyl halides is 4. The lowest BCUT2D eigenvalue weighted by Crippen LogP contribution is -2.27. The fourth-order valence-corrected chi connectivity index (χ4v) is 1.09. The third-order valence-electron chi connectivity index (χ3n) is 2.34. The van der Waals surface area contributed by atoms with E-state index >= 15 is 0 Å². The normalized spacial score (nSPS) is 9.21. The number of methoxy groups -OCH3 is 1. The van der Waals surface area contributed by atoms with Crippen LogP contribution in [0.25, 0.3) is 0 Å². The van der Waals surface area contributed by atoms with Gasteiger partial charge in [0.1, 0.15) is 18.6 Å². The zero-order chi connectivity index (χ0) is 25.8. The summed E-state index contributed by atoms with van der Waals surface area (Å²) in [5.74, 6) is -11.2. The fraction of sp³-hybridized carbons (Fsp3) is 0.722. The molecule has 0 amide bonds. The van der Waals surface area contributed by atoms with Gasteiger partial charge in [0.2, 0.25) is 5.78 Å². The molecule has 0 radical (unpaired) electrons. The molecule has 0 N–H and O–H groups in total. The van der Waals surface area contributed by atoms with Gasteiger partial charge in [0.15, 0.2) is 0 Å². The average molecular weight is 832 g/mol. The highest BCUT2D eigenvalue weighted by molar-refractivity contribution is 15.0. The summed E-state index contributed by atoms with van der Waals surface area (Å²) in [6.45, 7) is 5.96. The summed E-state index contributed by atoms with van der Waals surface area (Å²) in [7, 11) is 0.916. The van der Waals surface area contributed by atoms with Crippen molar-refractivity contribution >= 4 is 90.7 Å². The van der Waals surface area contributed by atoms with E-state index in [-0.39, 0.29) is 50.2 Å². The first-order valence-corrected chi connectivity index (χ1v) is 14.6. The molecular weight excluding hydrogens is 801 g/mol. The number of hydrogen-bond donors (Lipinski definition) is 0. The Kier molecular flexibility index (Phi) is 36.7. The molecule has 0 bridgehead atoms. The molecule has 200 valence electrons. The fourth-order valence-electron chi connectivity index (χ4n) is 1.09. The van der Waals surface area contributed by atoms with Crippen molar-refractivity contribution in [1.82, 2.24) is 0 Å². The molecule has 15 heteroatoms. The van der Waals surface area contributed by atoms with Crippen LogP contribution in [-0.2, 0) is 38.2 Å². The Morgan fingerprint density at radius 2 is 1.12 bits per heavy atom. The van der Waals surface area contributed by atoms with Gasteiger partial charge < -0.3 is 14.2 Å². The van der Waals surface area contributed by atoms with Crippen LogP contribution >= 0.6 is 61.2 Å². The number of ether oxygens (including phenoxy) is 3. The van der Waals surface area contributed by atoms with Crippen molar-refractivity contribution in [3.63, 3.8) is 0 Å². The number of ketones is 2. The Hall–Kier alpha value is -0.340. The lowest BCUT2D eigenvalue weighted by molar-refractivity contribution is -0.165. The predicted molar refractivity (Wildman–Crippen MR) is 142 cm³/mol. The van der Waals surface area contributed by atoms with Crippen LogP contribution in [0.2, 0.25) is 0 Å². The van der Waals surface area contributed by atoms with Gasteiger partial charge in [0.25, 0.3) is 0 Å². The topological polar surface area (TPSA) is 113 Å². The number of esters is 3. The summed E-state index contributed by atoms with van der Waals surface area (Å²) >= 11 is 4.24. The number of rotatable bonds is 8. The maximum atomic E-state index is 12.2. The van der Waals surface area contributed by atoms with E-state index in [1.165, 1.54) is 13.8 Å². The summed E-state index contributed by atoms with van der Waals surface area (Å²) in [5, 5.41) is 0. The lowest BCUT2D eigenvalue weighted by Gasteiger charge is -2.07. The number of halogens is 7. The molecule has 0 atom stereocenters. The van der Waals surface area contributed by atoms with E-state index in [1.807, 2.05) is 0 Å². The molecule has 0 fully saturated rings. The second-order valence-corrected chi connectivity index (χ2v) is 5.36.